The highest BCUT2D eigenvalue weighted by Crippen LogP contribution is 2.28. The number of rotatable bonds is 2. The van der Waals surface area contributed by atoms with Gasteiger partial charge in [0.1, 0.15) is 11.6 Å². The SMILES string of the molecule is N#Cc1ccc(-c2ccc(OC(F)(F)F)cc2)c(F)c1. The summed E-state index contributed by atoms with van der Waals surface area (Å²) in [6, 6.07) is 10.5. The van der Waals surface area contributed by atoms with E-state index in [0.717, 1.165) is 18.2 Å². The van der Waals surface area contributed by atoms with Crippen molar-refractivity contribution in [3.05, 3.63) is 53.8 Å². The molecule has 6 heteroatoms. The Labute approximate surface area is 111 Å². The lowest BCUT2D eigenvalue weighted by Gasteiger charge is -2.09. The van der Waals surface area contributed by atoms with E-state index >= 15 is 0 Å². The van der Waals surface area contributed by atoms with E-state index in [9.17, 15) is 17.6 Å². The summed E-state index contributed by atoms with van der Waals surface area (Å²) in [7, 11) is 0. The standard InChI is InChI=1S/C14H7F4NO/c15-13-7-9(8-19)1-6-12(13)10-2-4-11(5-3-10)20-14(16,17)18/h1-7H. The fourth-order valence-electron chi connectivity index (χ4n) is 1.65. The number of nitrogens with zero attached hydrogens (tertiary/aromatic N) is 1. The van der Waals surface area contributed by atoms with E-state index in [4.69, 9.17) is 5.26 Å². The lowest BCUT2D eigenvalue weighted by molar-refractivity contribution is -0.274. The van der Waals surface area contributed by atoms with E-state index < -0.39 is 12.2 Å². The van der Waals surface area contributed by atoms with Crippen LogP contribution in [0, 0.1) is 17.1 Å². The van der Waals surface area contributed by atoms with Crippen molar-refractivity contribution in [3.63, 3.8) is 0 Å². The molecule has 2 aromatic carbocycles. The third-order valence-electron chi connectivity index (χ3n) is 2.50. The lowest BCUT2D eigenvalue weighted by atomic mass is 10.0. The van der Waals surface area contributed by atoms with Crippen molar-refractivity contribution in [3.8, 4) is 22.9 Å². The molecular weight excluding hydrogens is 274 g/mol. The van der Waals surface area contributed by atoms with Gasteiger partial charge in [-0.15, -0.1) is 13.2 Å². The zero-order valence-electron chi connectivity index (χ0n) is 9.91. The van der Waals surface area contributed by atoms with Gasteiger partial charge in [0.15, 0.2) is 0 Å². The second kappa shape index (κ2) is 5.21. The van der Waals surface area contributed by atoms with Crippen LogP contribution in [0.5, 0.6) is 5.75 Å². The van der Waals surface area contributed by atoms with E-state index in [2.05, 4.69) is 4.74 Å². The van der Waals surface area contributed by atoms with Gasteiger partial charge in [-0.3, -0.25) is 0 Å². The molecule has 0 spiro atoms. The van der Waals surface area contributed by atoms with E-state index in [0.29, 0.717) is 5.56 Å². The third kappa shape index (κ3) is 3.26. The summed E-state index contributed by atoms with van der Waals surface area (Å²) in [5.41, 5.74) is 0.757. The van der Waals surface area contributed by atoms with Crippen molar-refractivity contribution < 1.29 is 22.3 Å². The molecule has 2 rings (SSSR count). The van der Waals surface area contributed by atoms with E-state index in [-0.39, 0.29) is 16.9 Å². The van der Waals surface area contributed by atoms with E-state index in [1.807, 2.05) is 0 Å². The molecule has 2 nitrogen and oxygen atoms in total. The largest absolute Gasteiger partial charge is 0.573 e. The van der Waals surface area contributed by atoms with Gasteiger partial charge in [0.25, 0.3) is 0 Å². The summed E-state index contributed by atoms with van der Waals surface area (Å²) in [6.07, 6.45) is -4.76. The Balaban J connectivity index is 2.29. The summed E-state index contributed by atoms with van der Waals surface area (Å²) < 4.78 is 53.5. The molecule has 2 aromatic rings. The highest BCUT2D eigenvalue weighted by molar-refractivity contribution is 5.65. The van der Waals surface area contributed by atoms with E-state index in [1.165, 1.54) is 24.3 Å². The van der Waals surface area contributed by atoms with E-state index in [1.54, 1.807) is 6.07 Å². The molecule has 0 amide bonds. The molecule has 0 atom stereocenters. The van der Waals surface area contributed by atoms with Gasteiger partial charge in [-0.2, -0.15) is 5.26 Å². The predicted molar refractivity (Wildman–Crippen MR) is 63.2 cm³/mol. The van der Waals surface area contributed by atoms with Gasteiger partial charge in [-0.1, -0.05) is 18.2 Å². The quantitative estimate of drug-likeness (QED) is 0.770. The first-order chi connectivity index (χ1) is 9.39. The topological polar surface area (TPSA) is 33.0 Å². The molecule has 20 heavy (non-hydrogen) atoms. The number of hydrogen-bond acceptors (Lipinski definition) is 2. The molecule has 102 valence electrons. The van der Waals surface area contributed by atoms with Crippen molar-refractivity contribution in [2.24, 2.45) is 0 Å². The van der Waals surface area contributed by atoms with Crippen molar-refractivity contribution in [1.82, 2.24) is 0 Å². The first-order valence-electron chi connectivity index (χ1n) is 5.45. The van der Waals surface area contributed by atoms with Crippen LogP contribution in [0.3, 0.4) is 0 Å². The van der Waals surface area contributed by atoms with Crippen LogP contribution >= 0.6 is 0 Å². The highest BCUT2D eigenvalue weighted by Gasteiger charge is 2.30. The number of ether oxygens (including phenoxy) is 1. The Morgan fingerprint density at radius 1 is 1.00 bits per heavy atom. The van der Waals surface area contributed by atoms with Crippen molar-refractivity contribution in [2.75, 3.05) is 0 Å². The average molecular weight is 281 g/mol. The molecular formula is C14H7F4NO. The fourth-order valence-corrected chi connectivity index (χ4v) is 1.65. The molecule has 0 aromatic heterocycles. The van der Waals surface area contributed by atoms with Crippen LogP contribution in [0.1, 0.15) is 5.56 Å². The number of benzene rings is 2. The molecule has 0 radical (unpaired) electrons. The molecule has 0 heterocycles. The number of hydrogen-bond donors (Lipinski definition) is 0. The molecule has 0 bridgehead atoms. The minimum atomic E-state index is -4.76. The summed E-state index contributed by atoms with van der Waals surface area (Å²) in [6.45, 7) is 0. The highest BCUT2D eigenvalue weighted by atomic mass is 19.4. The predicted octanol–water partition coefficient (Wildman–Crippen LogP) is 4.26. The Morgan fingerprint density at radius 2 is 1.65 bits per heavy atom. The maximum absolute atomic E-state index is 13.7. The molecule has 0 aliphatic rings. The summed E-state index contributed by atoms with van der Waals surface area (Å²) >= 11 is 0. The van der Waals surface area contributed by atoms with Crippen molar-refractivity contribution in [1.29, 1.82) is 5.26 Å². The van der Waals surface area contributed by atoms with Gasteiger partial charge in [0, 0.05) is 5.56 Å². The average Bonchev–Trinajstić information content (AvgIpc) is 2.38. The van der Waals surface area contributed by atoms with Crippen LogP contribution in [0.2, 0.25) is 0 Å². The van der Waals surface area contributed by atoms with Gasteiger partial charge >= 0.3 is 6.36 Å². The van der Waals surface area contributed by atoms with Crippen molar-refractivity contribution in [2.45, 2.75) is 6.36 Å². The maximum Gasteiger partial charge on any atom is 0.573 e. The minimum absolute atomic E-state index is 0.170. The first-order valence-corrected chi connectivity index (χ1v) is 5.45. The summed E-state index contributed by atoms with van der Waals surface area (Å²) in [4.78, 5) is 0. The molecule has 0 saturated carbocycles. The minimum Gasteiger partial charge on any atom is -0.406 e. The summed E-state index contributed by atoms with van der Waals surface area (Å²) in [5, 5.41) is 8.63. The molecule has 0 unspecified atom stereocenters. The molecule has 0 saturated heterocycles. The monoisotopic (exact) mass is 281 g/mol. The van der Waals surface area contributed by atoms with Gasteiger partial charge in [-0.05, 0) is 29.8 Å². The zero-order chi connectivity index (χ0) is 14.8. The van der Waals surface area contributed by atoms with Gasteiger partial charge in [-0.25, -0.2) is 4.39 Å². The van der Waals surface area contributed by atoms with Crippen LogP contribution in [-0.2, 0) is 0 Å². The zero-order valence-corrected chi connectivity index (χ0v) is 9.91. The molecule has 0 fully saturated rings. The van der Waals surface area contributed by atoms with Crippen LogP contribution < -0.4 is 4.74 Å². The van der Waals surface area contributed by atoms with Gasteiger partial charge in [0.05, 0.1) is 11.6 Å². The summed E-state index contributed by atoms with van der Waals surface area (Å²) in [5.74, 6) is -0.996. The Hall–Kier alpha value is -2.55. The lowest BCUT2D eigenvalue weighted by Crippen LogP contribution is -2.16. The van der Waals surface area contributed by atoms with Crippen LogP contribution in [0.15, 0.2) is 42.5 Å². The smallest absolute Gasteiger partial charge is 0.406 e. The maximum atomic E-state index is 13.7. The second-order valence-corrected chi connectivity index (χ2v) is 3.88. The second-order valence-electron chi connectivity index (χ2n) is 3.88. The Bertz CT molecular complexity index is 656. The fraction of sp³-hybridized carbons (Fsp3) is 0.0714. The molecule has 0 aliphatic heterocycles. The first kappa shape index (κ1) is 13.9. The van der Waals surface area contributed by atoms with Crippen LogP contribution in [0.4, 0.5) is 17.6 Å². The number of alkyl halides is 3. The Kier molecular flexibility index (Phi) is 3.61. The van der Waals surface area contributed by atoms with Gasteiger partial charge in [0.2, 0.25) is 0 Å². The van der Waals surface area contributed by atoms with Crippen molar-refractivity contribution >= 4 is 0 Å². The van der Waals surface area contributed by atoms with Gasteiger partial charge < -0.3 is 4.74 Å². The number of halogens is 4. The number of nitriles is 1. The van der Waals surface area contributed by atoms with Crippen LogP contribution in [0.25, 0.3) is 11.1 Å². The molecule has 0 N–H and O–H groups in total. The normalized spacial score (nSPS) is 10.9. The third-order valence-corrected chi connectivity index (χ3v) is 2.50. The Morgan fingerprint density at radius 3 is 2.15 bits per heavy atom. The molecule has 0 aliphatic carbocycles. The van der Waals surface area contributed by atoms with Crippen LogP contribution in [-0.4, -0.2) is 6.36 Å².